The van der Waals surface area contributed by atoms with Crippen molar-refractivity contribution in [3.63, 3.8) is 0 Å². The minimum absolute atomic E-state index is 0.0338. The second-order valence-electron chi connectivity index (χ2n) is 4.07. The van der Waals surface area contributed by atoms with Crippen molar-refractivity contribution in [1.29, 1.82) is 0 Å². The summed E-state index contributed by atoms with van der Waals surface area (Å²) in [5, 5.41) is 8.88. The number of hydrogen-bond donors (Lipinski definition) is 1. The van der Waals surface area contributed by atoms with Gasteiger partial charge in [-0.1, -0.05) is 0 Å². The molecule has 0 spiro atoms. The van der Waals surface area contributed by atoms with E-state index in [4.69, 9.17) is 9.52 Å². The second kappa shape index (κ2) is 5.88. The SMILES string of the molecule is Cc1oc(-c2ccc(SC(F)(F)F)cc2)nc1CCO. The Morgan fingerprint density at radius 3 is 2.45 bits per heavy atom. The molecule has 20 heavy (non-hydrogen) atoms. The van der Waals surface area contributed by atoms with E-state index in [1.807, 2.05) is 0 Å². The summed E-state index contributed by atoms with van der Waals surface area (Å²) in [6.45, 7) is 1.70. The van der Waals surface area contributed by atoms with Crippen LogP contribution >= 0.6 is 11.8 Å². The zero-order valence-corrected chi connectivity index (χ0v) is 11.4. The number of benzene rings is 1. The summed E-state index contributed by atoms with van der Waals surface area (Å²) in [4.78, 5) is 4.33. The largest absolute Gasteiger partial charge is 0.446 e. The molecule has 108 valence electrons. The number of alkyl halides is 3. The Balaban J connectivity index is 2.19. The van der Waals surface area contributed by atoms with Crippen LogP contribution in [0.2, 0.25) is 0 Å². The fourth-order valence-electron chi connectivity index (χ4n) is 1.69. The number of rotatable bonds is 4. The van der Waals surface area contributed by atoms with Crippen LogP contribution in [0.1, 0.15) is 11.5 Å². The molecule has 0 amide bonds. The Bertz CT molecular complexity index is 578. The summed E-state index contributed by atoms with van der Waals surface area (Å²) in [7, 11) is 0. The van der Waals surface area contributed by atoms with E-state index in [1.165, 1.54) is 24.3 Å². The summed E-state index contributed by atoms with van der Waals surface area (Å²) < 4.78 is 42.1. The van der Waals surface area contributed by atoms with Gasteiger partial charge in [0, 0.05) is 23.5 Å². The molecule has 0 aliphatic rings. The van der Waals surface area contributed by atoms with E-state index < -0.39 is 5.51 Å². The van der Waals surface area contributed by atoms with Crippen molar-refractivity contribution in [2.75, 3.05) is 6.61 Å². The summed E-state index contributed by atoms with van der Waals surface area (Å²) in [5.74, 6) is 0.942. The van der Waals surface area contributed by atoms with Crippen LogP contribution in [0.4, 0.5) is 13.2 Å². The quantitative estimate of drug-likeness (QED) is 0.873. The van der Waals surface area contributed by atoms with Crippen molar-refractivity contribution < 1.29 is 22.7 Å². The third-order valence-electron chi connectivity index (χ3n) is 2.58. The number of oxazole rings is 1. The van der Waals surface area contributed by atoms with Gasteiger partial charge in [-0.3, -0.25) is 0 Å². The van der Waals surface area contributed by atoms with E-state index in [1.54, 1.807) is 6.92 Å². The molecular weight excluding hydrogens is 291 g/mol. The van der Waals surface area contributed by atoms with Crippen molar-refractivity contribution >= 4 is 11.8 Å². The summed E-state index contributed by atoms with van der Waals surface area (Å²) >= 11 is -0.163. The number of hydrogen-bond acceptors (Lipinski definition) is 4. The van der Waals surface area contributed by atoms with E-state index in [-0.39, 0.29) is 23.3 Å². The molecule has 0 aliphatic heterocycles. The van der Waals surface area contributed by atoms with E-state index in [0.717, 1.165) is 0 Å². The third kappa shape index (κ3) is 3.77. The van der Waals surface area contributed by atoms with Crippen LogP contribution in [0.15, 0.2) is 33.6 Å². The number of halogens is 3. The number of aliphatic hydroxyl groups excluding tert-OH is 1. The number of aryl methyl sites for hydroxylation is 1. The van der Waals surface area contributed by atoms with Gasteiger partial charge in [-0.2, -0.15) is 13.2 Å². The Morgan fingerprint density at radius 2 is 1.90 bits per heavy atom. The second-order valence-corrected chi connectivity index (χ2v) is 5.21. The molecular formula is C13H12F3NO2S. The number of thioether (sulfide) groups is 1. The number of aromatic nitrogens is 1. The highest BCUT2D eigenvalue weighted by atomic mass is 32.2. The first-order chi connectivity index (χ1) is 9.39. The highest BCUT2D eigenvalue weighted by molar-refractivity contribution is 8.00. The Kier molecular flexibility index (Phi) is 4.39. The van der Waals surface area contributed by atoms with Gasteiger partial charge >= 0.3 is 5.51 Å². The molecule has 0 saturated carbocycles. The zero-order chi connectivity index (χ0) is 14.8. The predicted molar refractivity (Wildman–Crippen MR) is 69.4 cm³/mol. The lowest BCUT2D eigenvalue weighted by molar-refractivity contribution is -0.0328. The first kappa shape index (κ1) is 14.9. The summed E-state index contributed by atoms with van der Waals surface area (Å²) in [6, 6.07) is 5.81. The van der Waals surface area contributed by atoms with Crippen molar-refractivity contribution in [2.24, 2.45) is 0 Å². The molecule has 3 nitrogen and oxygen atoms in total. The topological polar surface area (TPSA) is 46.3 Å². The van der Waals surface area contributed by atoms with Gasteiger partial charge in [-0.15, -0.1) is 0 Å². The first-order valence-electron chi connectivity index (χ1n) is 5.82. The maximum atomic E-state index is 12.2. The van der Waals surface area contributed by atoms with Gasteiger partial charge in [0.05, 0.1) is 5.69 Å². The van der Waals surface area contributed by atoms with Gasteiger partial charge in [0.25, 0.3) is 0 Å². The molecule has 2 rings (SSSR count). The minimum atomic E-state index is -4.30. The van der Waals surface area contributed by atoms with E-state index in [2.05, 4.69) is 4.98 Å². The molecule has 1 heterocycles. The highest BCUT2D eigenvalue weighted by Gasteiger charge is 2.29. The lowest BCUT2D eigenvalue weighted by atomic mass is 10.2. The van der Waals surface area contributed by atoms with Gasteiger partial charge in [0.15, 0.2) is 0 Å². The van der Waals surface area contributed by atoms with Crippen molar-refractivity contribution in [1.82, 2.24) is 4.98 Å². The Hall–Kier alpha value is -1.47. The van der Waals surface area contributed by atoms with E-state index in [9.17, 15) is 13.2 Å². The van der Waals surface area contributed by atoms with Crippen LogP contribution in [0.25, 0.3) is 11.5 Å². The average molecular weight is 303 g/mol. The van der Waals surface area contributed by atoms with E-state index >= 15 is 0 Å². The smallest absolute Gasteiger partial charge is 0.441 e. The standard InChI is InChI=1S/C13H12F3NO2S/c1-8-11(6-7-18)17-12(19-8)9-2-4-10(5-3-9)20-13(14,15)16/h2-5,18H,6-7H2,1H3. The van der Waals surface area contributed by atoms with Crippen LogP contribution in [0, 0.1) is 6.92 Å². The number of nitrogens with zero attached hydrogens (tertiary/aromatic N) is 1. The maximum absolute atomic E-state index is 12.2. The number of aliphatic hydroxyl groups is 1. The molecule has 2 aromatic rings. The predicted octanol–water partition coefficient (Wildman–Crippen LogP) is 3.80. The lowest BCUT2D eigenvalue weighted by Crippen LogP contribution is -1.98. The van der Waals surface area contributed by atoms with Crippen molar-refractivity contribution in [3.8, 4) is 11.5 Å². The molecule has 0 bridgehead atoms. The van der Waals surface area contributed by atoms with Crippen molar-refractivity contribution in [3.05, 3.63) is 35.7 Å². The van der Waals surface area contributed by atoms with E-state index in [0.29, 0.717) is 29.3 Å². The van der Waals surface area contributed by atoms with Crippen LogP contribution in [0.5, 0.6) is 0 Å². The summed E-state index contributed by atoms with van der Waals surface area (Å²) in [5.41, 5.74) is -3.05. The monoisotopic (exact) mass is 303 g/mol. The third-order valence-corrected chi connectivity index (χ3v) is 3.32. The molecule has 1 aromatic carbocycles. The van der Waals surface area contributed by atoms with Crippen LogP contribution < -0.4 is 0 Å². The molecule has 1 aromatic heterocycles. The lowest BCUT2D eigenvalue weighted by Gasteiger charge is -2.05. The van der Waals surface area contributed by atoms with Gasteiger partial charge in [-0.25, -0.2) is 4.98 Å². The van der Waals surface area contributed by atoms with Gasteiger partial charge in [0.1, 0.15) is 5.76 Å². The zero-order valence-electron chi connectivity index (χ0n) is 10.6. The molecule has 0 unspecified atom stereocenters. The van der Waals surface area contributed by atoms with Crippen LogP contribution in [0.3, 0.4) is 0 Å². The Labute approximate surface area is 117 Å². The normalized spacial score (nSPS) is 11.8. The Morgan fingerprint density at radius 1 is 1.25 bits per heavy atom. The molecule has 7 heteroatoms. The molecule has 1 N–H and O–H groups in total. The fourth-order valence-corrected chi connectivity index (χ4v) is 2.23. The fraction of sp³-hybridized carbons (Fsp3) is 0.308. The molecule has 0 saturated heterocycles. The molecule has 0 radical (unpaired) electrons. The summed E-state index contributed by atoms with van der Waals surface area (Å²) in [6.07, 6.45) is 0.386. The van der Waals surface area contributed by atoms with Gasteiger partial charge in [-0.05, 0) is 43.0 Å². The minimum Gasteiger partial charge on any atom is -0.441 e. The van der Waals surface area contributed by atoms with Crippen molar-refractivity contribution in [2.45, 2.75) is 23.7 Å². The first-order valence-corrected chi connectivity index (χ1v) is 6.64. The maximum Gasteiger partial charge on any atom is 0.446 e. The molecule has 0 fully saturated rings. The highest BCUT2D eigenvalue weighted by Crippen LogP contribution is 2.37. The average Bonchev–Trinajstić information content (AvgIpc) is 2.70. The van der Waals surface area contributed by atoms with Gasteiger partial charge < -0.3 is 9.52 Å². The molecule has 0 aliphatic carbocycles. The molecule has 0 atom stereocenters. The van der Waals surface area contributed by atoms with Crippen LogP contribution in [-0.4, -0.2) is 22.2 Å². The van der Waals surface area contributed by atoms with Gasteiger partial charge in [0.2, 0.25) is 5.89 Å². The van der Waals surface area contributed by atoms with Crippen LogP contribution in [-0.2, 0) is 6.42 Å².